The van der Waals surface area contributed by atoms with E-state index in [1.54, 1.807) is 13.8 Å². The van der Waals surface area contributed by atoms with Crippen LogP contribution in [0.15, 0.2) is 0 Å². The van der Waals surface area contributed by atoms with Gasteiger partial charge in [-0.25, -0.2) is 0 Å². The first-order valence-corrected chi connectivity index (χ1v) is 5.62. The summed E-state index contributed by atoms with van der Waals surface area (Å²) >= 11 is 0. The number of hydrogen-bond acceptors (Lipinski definition) is 4. The normalized spacial score (nSPS) is 36.9. The summed E-state index contributed by atoms with van der Waals surface area (Å²) in [5, 5.41) is 19.7. The molecule has 1 aliphatic heterocycles. The largest absolute Gasteiger partial charge is 0.455 e. The lowest BCUT2D eigenvalue weighted by Crippen LogP contribution is -2.54. The number of carbonyl (C=O) groups excluding carboxylic acids is 1. The van der Waals surface area contributed by atoms with E-state index < -0.39 is 22.6 Å². The second kappa shape index (κ2) is 3.74. The zero-order valence-electron chi connectivity index (χ0n) is 10.3. The van der Waals surface area contributed by atoms with Gasteiger partial charge in [0, 0.05) is 0 Å². The Hall–Kier alpha value is -1.08. The summed E-state index contributed by atoms with van der Waals surface area (Å²) in [5.74, 6) is -0.599. The maximum atomic E-state index is 11.9. The molecule has 16 heavy (non-hydrogen) atoms. The molecule has 1 saturated heterocycles. The zero-order valence-corrected chi connectivity index (χ0v) is 10.3. The van der Waals surface area contributed by atoms with Crippen molar-refractivity contribution in [2.45, 2.75) is 58.2 Å². The quantitative estimate of drug-likeness (QED) is 0.743. The first kappa shape index (κ1) is 13.0. The molecule has 0 aromatic carbocycles. The van der Waals surface area contributed by atoms with Crippen molar-refractivity contribution in [1.29, 1.82) is 5.26 Å². The third kappa shape index (κ3) is 1.42. The van der Waals surface area contributed by atoms with Gasteiger partial charge in [0.25, 0.3) is 0 Å². The Morgan fingerprint density at radius 1 is 1.44 bits per heavy atom. The molecule has 0 aromatic rings. The summed E-state index contributed by atoms with van der Waals surface area (Å²) in [6.45, 7) is 6.76. The van der Waals surface area contributed by atoms with Crippen LogP contribution in [0.25, 0.3) is 0 Å². The van der Waals surface area contributed by atoms with Crippen molar-refractivity contribution < 1.29 is 14.6 Å². The second-order valence-electron chi connectivity index (χ2n) is 5.09. The smallest absolute Gasteiger partial charge is 0.330 e. The van der Waals surface area contributed by atoms with Crippen molar-refractivity contribution in [2.24, 2.45) is 5.41 Å². The van der Waals surface area contributed by atoms with Gasteiger partial charge in [0.2, 0.25) is 0 Å². The molecule has 4 heteroatoms. The minimum absolute atomic E-state index is 0.343. The van der Waals surface area contributed by atoms with Crippen LogP contribution in [0.1, 0.15) is 47.0 Å². The highest BCUT2D eigenvalue weighted by Crippen LogP contribution is 2.51. The van der Waals surface area contributed by atoms with E-state index in [1.807, 2.05) is 13.0 Å². The van der Waals surface area contributed by atoms with E-state index >= 15 is 0 Å². The zero-order chi connectivity index (χ0) is 12.6. The fraction of sp³-hybridized carbons (Fsp3) is 0.833. The molecule has 0 spiro atoms. The van der Waals surface area contributed by atoms with Crippen molar-refractivity contribution in [3.63, 3.8) is 0 Å². The van der Waals surface area contributed by atoms with Crippen LogP contribution >= 0.6 is 0 Å². The van der Waals surface area contributed by atoms with Crippen LogP contribution < -0.4 is 0 Å². The molecule has 0 saturated carbocycles. The first-order chi connectivity index (χ1) is 7.25. The molecule has 1 rings (SSSR count). The fourth-order valence-corrected chi connectivity index (χ4v) is 2.13. The summed E-state index contributed by atoms with van der Waals surface area (Å²) in [4.78, 5) is 11.9. The van der Waals surface area contributed by atoms with E-state index in [-0.39, 0.29) is 0 Å². The Labute approximate surface area is 96.2 Å². The molecule has 4 nitrogen and oxygen atoms in total. The van der Waals surface area contributed by atoms with E-state index in [4.69, 9.17) is 4.74 Å². The predicted molar refractivity (Wildman–Crippen MR) is 58.4 cm³/mol. The molecular formula is C12H19NO3. The standard InChI is InChI=1S/C12H19NO3/c1-5-6-7-12(8-13)9(14)16-10(2,3)11(12,4)15/h15H,5-7H2,1-4H3. The van der Waals surface area contributed by atoms with Crippen molar-refractivity contribution in [2.75, 3.05) is 0 Å². The Kier molecular flexibility index (Phi) is 3.04. The van der Waals surface area contributed by atoms with Crippen molar-refractivity contribution in [1.82, 2.24) is 0 Å². The van der Waals surface area contributed by atoms with Gasteiger partial charge in [0.1, 0.15) is 11.2 Å². The van der Waals surface area contributed by atoms with Crippen LogP contribution in [-0.4, -0.2) is 22.3 Å². The van der Waals surface area contributed by atoms with Crippen LogP contribution in [0.2, 0.25) is 0 Å². The summed E-state index contributed by atoms with van der Waals surface area (Å²) < 4.78 is 5.16. The minimum Gasteiger partial charge on any atom is -0.455 e. The number of nitriles is 1. The predicted octanol–water partition coefficient (Wildman–Crippen LogP) is 1.77. The highest BCUT2D eigenvalue weighted by atomic mass is 16.6. The molecule has 0 radical (unpaired) electrons. The van der Waals surface area contributed by atoms with E-state index in [0.717, 1.165) is 12.8 Å². The molecule has 2 unspecified atom stereocenters. The Morgan fingerprint density at radius 2 is 2.00 bits per heavy atom. The highest BCUT2D eigenvalue weighted by molar-refractivity contribution is 5.85. The maximum Gasteiger partial charge on any atom is 0.330 e. The van der Waals surface area contributed by atoms with E-state index in [0.29, 0.717) is 6.42 Å². The molecule has 0 aromatic heterocycles. The maximum absolute atomic E-state index is 11.9. The van der Waals surface area contributed by atoms with Gasteiger partial charge in [-0.05, 0) is 27.2 Å². The minimum atomic E-state index is -1.46. The average molecular weight is 225 g/mol. The lowest BCUT2D eigenvalue weighted by Gasteiger charge is -2.36. The van der Waals surface area contributed by atoms with E-state index in [9.17, 15) is 15.2 Å². The van der Waals surface area contributed by atoms with Crippen molar-refractivity contribution >= 4 is 5.97 Å². The summed E-state index contributed by atoms with van der Waals surface area (Å²) in [6, 6.07) is 1.98. The van der Waals surface area contributed by atoms with Crippen LogP contribution in [0, 0.1) is 16.7 Å². The van der Waals surface area contributed by atoms with E-state index in [1.165, 1.54) is 6.92 Å². The first-order valence-electron chi connectivity index (χ1n) is 5.62. The molecule has 1 N–H and O–H groups in total. The number of rotatable bonds is 3. The van der Waals surface area contributed by atoms with Crippen LogP contribution in [0.3, 0.4) is 0 Å². The van der Waals surface area contributed by atoms with Crippen molar-refractivity contribution in [3.8, 4) is 6.07 Å². The molecule has 0 amide bonds. The van der Waals surface area contributed by atoms with Gasteiger partial charge in [-0.2, -0.15) is 5.26 Å². The van der Waals surface area contributed by atoms with Crippen LogP contribution in [0.5, 0.6) is 0 Å². The number of ether oxygens (including phenoxy) is 1. The molecule has 0 aliphatic carbocycles. The number of cyclic esters (lactones) is 1. The van der Waals surface area contributed by atoms with Gasteiger partial charge in [-0.3, -0.25) is 4.79 Å². The lowest BCUT2D eigenvalue weighted by atomic mass is 9.66. The highest BCUT2D eigenvalue weighted by Gasteiger charge is 2.69. The SMILES string of the molecule is CCCCC1(C#N)C(=O)OC(C)(C)C1(C)O. The molecular weight excluding hydrogens is 206 g/mol. The average Bonchev–Trinajstić information content (AvgIpc) is 2.30. The number of hydrogen-bond donors (Lipinski definition) is 1. The molecule has 0 bridgehead atoms. The Balaban J connectivity index is 3.19. The van der Waals surface area contributed by atoms with Crippen molar-refractivity contribution in [3.05, 3.63) is 0 Å². The molecule has 2 atom stereocenters. The van der Waals surface area contributed by atoms with Gasteiger partial charge in [0.15, 0.2) is 5.41 Å². The van der Waals surface area contributed by atoms with Gasteiger partial charge in [-0.15, -0.1) is 0 Å². The van der Waals surface area contributed by atoms with E-state index in [2.05, 4.69) is 0 Å². The van der Waals surface area contributed by atoms with Gasteiger partial charge in [-0.1, -0.05) is 19.8 Å². The lowest BCUT2D eigenvalue weighted by molar-refractivity contribution is -0.151. The van der Waals surface area contributed by atoms with Crippen LogP contribution in [0.4, 0.5) is 0 Å². The number of unbranched alkanes of at least 4 members (excludes halogenated alkanes) is 1. The third-order valence-electron chi connectivity index (χ3n) is 3.80. The molecule has 1 fully saturated rings. The second-order valence-corrected chi connectivity index (χ2v) is 5.09. The van der Waals surface area contributed by atoms with Crippen LogP contribution in [-0.2, 0) is 9.53 Å². The summed E-state index contributed by atoms with van der Waals surface area (Å²) in [6.07, 6.45) is 1.93. The van der Waals surface area contributed by atoms with Gasteiger partial charge >= 0.3 is 5.97 Å². The number of nitrogens with zero attached hydrogens (tertiary/aromatic N) is 1. The van der Waals surface area contributed by atoms with Gasteiger partial charge in [0.05, 0.1) is 6.07 Å². The number of carbonyl (C=O) groups is 1. The monoisotopic (exact) mass is 225 g/mol. The Bertz CT molecular complexity index is 341. The third-order valence-corrected chi connectivity index (χ3v) is 3.80. The molecule has 90 valence electrons. The summed E-state index contributed by atoms with van der Waals surface area (Å²) in [5.41, 5.74) is -3.90. The topological polar surface area (TPSA) is 70.3 Å². The summed E-state index contributed by atoms with van der Waals surface area (Å²) in [7, 11) is 0. The molecule has 1 heterocycles. The fourth-order valence-electron chi connectivity index (χ4n) is 2.13. The van der Waals surface area contributed by atoms with Gasteiger partial charge < -0.3 is 9.84 Å². The number of aliphatic hydroxyl groups is 1. The molecule has 1 aliphatic rings. The number of esters is 1. The Morgan fingerprint density at radius 3 is 2.31 bits per heavy atom.